The molecule has 2 aromatic rings. The predicted molar refractivity (Wildman–Crippen MR) is 69.1 cm³/mol. The van der Waals surface area contributed by atoms with Gasteiger partial charge in [-0.2, -0.15) is 4.98 Å². The molecule has 0 aliphatic rings. The zero-order valence-electron chi connectivity index (χ0n) is 11.0. The Bertz CT molecular complexity index is 540. The molecule has 0 aliphatic heterocycles. The molecule has 0 unspecified atom stereocenters. The maximum absolute atomic E-state index is 9.71. The molecule has 102 valence electrons. The van der Waals surface area contributed by atoms with E-state index in [4.69, 9.17) is 9.26 Å². The van der Waals surface area contributed by atoms with Crippen LogP contribution in [0.15, 0.2) is 22.7 Å². The number of aromatic hydroxyl groups is 1. The minimum atomic E-state index is 0.252. The van der Waals surface area contributed by atoms with Crippen molar-refractivity contribution < 1.29 is 14.4 Å². The second-order valence-corrected chi connectivity index (χ2v) is 4.16. The first-order chi connectivity index (χ1) is 9.19. The minimum Gasteiger partial charge on any atom is -0.508 e. The molecule has 19 heavy (non-hydrogen) atoms. The van der Waals surface area contributed by atoms with E-state index in [2.05, 4.69) is 15.5 Å². The van der Waals surface area contributed by atoms with Crippen LogP contribution in [-0.2, 0) is 13.0 Å². The average molecular weight is 263 g/mol. The van der Waals surface area contributed by atoms with E-state index in [-0.39, 0.29) is 5.75 Å². The first-order valence-electron chi connectivity index (χ1n) is 6.05. The highest BCUT2D eigenvalue weighted by atomic mass is 16.5. The third-order valence-electron chi connectivity index (χ3n) is 2.69. The number of ether oxygens (including phenoxy) is 1. The van der Waals surface area contributed by atoms with Crippen molar-refractivity contribution in [3.63, 3.8) is 0 Å². The van der Waals surface area contributed by atoms with Gasteiger partial charge in [-0.15, -0.1) is 0 Å². The monoisotopic (exact) mass is 263 g/mol. The van der Waals surface area contributed by atoms with Crippen molar-refractivity contribution in [1.29, 1.82) is 0 Å². The van der Waals surface area contributed by atoms with Gasteiger partial charge in [0, 0.05) is 25.1 Å². The van der Waals surface area contributed by atoms with Crippen LogP contribution in [0.1, 0.15) is 17.3 Å². The first kappa shape index (κ1) is 13.4. The molecule has 1 heterocycles. The Morgan fingerprint density at radius 3 is 2.95 bits per heavy atom. The Morgan fingerprint density at radius 2 is 2.26 bits per heavy atom. The second-order valence-electron chi connectivity index (χ2n) is 4.16. The number of hydrogen-bond acceptors (Lipinski definition) is 6. The number of methoxy groups -OCH3 is 1. The number of nitrogens with zero attached hydrogens (tertiary/aromatic N) is 2. The molecule has 2 N–H and O–H groups in total. The summed E-state index contributed by atoms with van der Waals surface area (Å²) in [6.07, 6.45) is 0.658. The zero-order valence-corrected chi connectivity index (χ0v) is 11.0. The largest absolute Gasteiger partial charge is 0.508 e. The van der Waals surface area contributed by atoms with Gasteiger partial charge in [-0.05, 0) is 25.1 Å². The van der Waals surface area contributed by atoms with Gasteiger partial charge in [-0.25, -0.2) is 0 Å². The number of phenolic OH excluding ortho intramolecular Hbond substituents is 1. The minimum absolute atomic E-state index is 0.252. The van der Waals surface area contributed by atoms with Gasteiger partial charge in [0.05, 0.1) is 7.11 Å². The van der Waals surface area contributed by atoms with Gasteiger partial charge in [-0.3, -0.25) is 0 Å². The van der Waals surface area contributed by atoms with Gasteiger partial charge in [0.15, 0.2) is 5.82 Å². The summed E-state index contributed by atoms with van der Waals surface area (Å²) in [6.45, 7) is 3.03. The van der Waals surface area contributed by atoms with Crippen LogP contribution in [0.2, 0.25) is 0 Å². The van der Waals surface area contributed by atoms with E-state index < -0.39 is 0 Å². The Kier molecular flexibility index (Phi) is 4.35. The van der Waals surface area contributed by atoms with Crippen LogP contribution in [0.25, 0.3) is 0 Å². The van der Waals surface area contributed by atoms with Crippen molar-refractivity contribution in [3.05, 3.63) is 35.5 Å². The number of phenols is 1. The number of aromatic nitrogens is 2. The molecule has 0 fully saturated rings. The fourth-order valence-electron chi connectivity index (χ4n) is 1.69. The fraction of sp³-hybridized carbons (Fsp3) is 0.385. The van der Waals surface area contributed by atoms with Gasteiger partial charge in [0.2, 0.25) is 5.89 Å². The summed E-state index contributed by atoms with van der Waals surface area (Å²) in [4.78, 5) is 4.11. The highest BCUT2D eigenvalue weighted by molar-refractivity contribution is 5.39. The number of hydrogen-bond donors (Lipinski definition) is 2. The van der Waals surface area contributed by atoms with Crippen molar-refractivity contribution in [2.45, 2.75) is 19.9 Å². The number of benzene rings is 1. The zero-order chi connectivity index (χ0) is 13.7. The fourth-order valence-corrected chi connectivity index (χ4v) is 1.69. The molecule has 0 bridgehead atoms. The van der Waals surface area contributed by atoms with Crippen molar-refractivity contribution in [3.8, 4) is 11.5 Å². The molecule has 6 nitrogen and oxygen atoms in total. The highest BCUT2D eigenvalue weighted by Gasteiger charge is 2.04. The van der Waals surface area contributed by atoms with E-state index in [9.17, 15) is 5.11 Å². The maximum atomic E-state index is 9.71. The van der Waals surface area contributed by atoms with Crippen LogP contribution in [0.3, 0.4) is 0 Å². The summed E-state index contributed by atoms with van der Waals surface area (Å²) in [5.74, 6) is 2.23. The van der Waals surface area contributed by atoms with Gasteiger partial charge in [0.25, 0.3) is 0 Å². The quantitative estimate of drug-likeness (QED) is 0.767. The summed E-state index contributed by atoms with van der Waals surface area (Å²) in [7, 11) is 1.60. The molecule has 1 aromatic carbocycles. The van der Waals surface area contributed by atoms with Crippen molar-refractivity contribution in [2.75, 3.05) is 13.7 Å². The van der Waals surface area contributed by atoms with E-state index in [0.717, 1.165) is 11.3 Å². The lowest BCUT2D eigenvalue weighted by molar-refractivity contribution is 0.372. The third-order valence-corrected chi connectivity index (χ3v) is 2.69. The third kappa shape index (κ3) is 3.69. The summed E-state index contributed by atoms with van der Waals surface area (Å²) in [5, 5.41) is 16.6. The molecule has 0 amide bonds. The summed E-state index contributed by atoms with van der Waals surface area (Å²) in [6, 6.07) is 5.15. The van der Waals surface area contributed by atoms with Crippen LogP contribution in [0.5, 0.6) is 11.5 Å². The smallest absolute Gasteiger partial charge is 0.227 e. The van der Waals surface area contributed by atoms with E-state index >= 15 is 0 Å². The van der Waals surface area contributed by atoms with Crippen LogP contribution in [0, 0.1) is 6.92 Å². The van der Waals surface area contributed by atoms with Gasteiger partial charge in [-0.1, -0.05) is 5.16 Å². The molecule has 0 spiro atoms. The topological polar surface area (TPSA) is 80.4 Å². The SMILES string of the molecule is COc1ccc(O)c(CNCCc2nc(C)no2)c1. The van der Waals surface area contributed by atoms with Crippen LogP contribution >= 0.6 is 0 Å². The normalized spacial score (nSPS) is 10.6. The van der Waals surface area contributed by atoms with Gasteiger partial charge < -0.3 is 19.7 Å². The molecule has 1 aromatic heterocycles. The molecule has 0 aliphatic carbocycles. The number of aryl methyl sites for hydroxylation is 1. The highest BCUT2D eigenvalue weighted by Crippen LogP contribution is 2.22. The standard InChI is InChI=1S/C13H17N3O3/c1-9-15-13(19-16-9)5-6-14-8-10-7-11(18-2)3-4-12(10)17/h3-4,7,14,17H,5-6,8H2,1-2H3. The Balaban J connectivity index is 1.82. The van der Waals surface area contributed by atoms with Crippen molar-refractivity contribution in [2.24, 2.45) is 0 Å². The molecule has 6 heteroatoms. The Labute approximate surface area is 111 Å². The van der Waals surface area contributed by atoms with Crippen molar-refractivity contribution >= 4 is 0 Å². The van der Waals surface area contributed by atoms with Crippen LogP contribution in [0.4, 0.5) is 0 Å². The summed E-state index contributed by atoms with van der Waals surface area (Å²) < 4.78 is 10.1. The number of nitrogens with one attached hydrogen (secondary N) is 1. The number of rotatable bonds is 6. The lowest BCUT2D eigenvalue weighted by Crippen LogP contribution is -2.17. The van der Waals surface area contributed by atoms with E-state index in [1.54, 1.807) is 32.2 Å². The summed E-state index contributed by atoms with van der Waals surface area (Å²) >= 11 is 0. The molecule has 0 radical (unpaired) electrons. The molecule has 2 rings (SSSR count). The maximum Gasteiger partial charge on any atom is 0.227 e. The Hall–Kier alpha value is -2.08. The van der Waals surface area contributed by atoms with E-state index in [1.165, 1.54) is 0 Å². The molecular weight excluding hydrogens is 246 g/mol. The average Bonchev–Trinajstić information content (AvgIpc) is 2.82. The lowest BCUT2D eigenvalue weighted by atomic mass is 10.2. The molecule has 0 saturated heterocycles. The second kappa shape index (κ2) is 6.19. The molecular formula is C13H17N3O3. The van der Waals surface area contributed by atoms with Gasteiger partial charge in [0.1, 0.15) is 11.5 Å². The lowest BCUT2D eigenvalue weighted by Gasteiger charge is -2.08. The van der Waals surface area contributed by atoms with E-state index in [0.29, 0.717) is 31.2 Å². The first-order valence-corrected chi connectivity index (χ1v) is 6.05. The van der Waals surface area contributed by atoms with Crippen LogP contribution in [-0.4, -0.2) is 28.9 Å². The van der Waals surface area contributed by atoms with E-state index in [1.807, 2.05) is 0 Å². The van der Waals surface area contributed by atoms with Crippen molar-refractivity contribution in [1.82, 2.24) is 15.5 Å². The Morgan fingerprint density at radius 1 is 1.42 bits per heavy atom. The summed E-state index contributed by atoms with van der Waals surface area (Å²) in [5.41, 5.74) is 0.793. The predicted octanol–water partition coefficient (Wildman–Crippen LogP) is 1.42. The molecule has 0 saturated carbocycles. The van der Waals surface area contributed by atoms with Gasteiger partial charge >= 0.3 is 0 Å². The van der Waals surface area contributed by atoms with Crippen LogP contribution < -0.4 is 10.1 Å². The molecule has 0 atom stereocenters.